The fourth-order valence-electron chi connectivity index (χ4n) is 2.48. The molecule has 0 saturated carbocycles. The summed E-state index contributed by atoms with van der Waals surface area (Å²) in [7, 11) is 0. The Morgan fingerprint density at radius 3 is 2.43 bits per heavy atom. The van der Waals surface area contributed by atoms with E-state index in [9.17, 15) is 9.18 Å². The molecule has 2 amide bonds. The summed E-state index contributed by atoms with van der Waals surface area (Å²) in [5, 5.41) is 2.95. The fourth-order valence-corrected chi connectivity index (χ4v) is 2.48. The highest BCUT2D eigenvalue weighted by atomic mass is 19.1. The number of pyridine rings is 1. The average molecular weight is 315 g/mol. The zero-order valence-electron chi connectivity index (χ0n) is 13.5. The van der Waals surface area contributed by atoms with Gasteiger partial charge in [0.05, 0.1) is 0 Å². The Morgan fingerprint density at radius 1 is 1.17 bits per heavy atom. The molecule has 0 spiro atoms. The van der Waals surface area contributed by atoms with Crippen molar-refractivity contribution in [1.82, 2.24) is 15.2 Å². The van der Waals surface area contributed by atoms with Crippen molar-refractivity contribution in [3.8, 4) is 0 Å². The Labute approximate surface area is 136 Å². The number of aromatic nitrogens is 1. The lowest BCUT2D eigenvalue weighted by atomic mass is 9.95. The zero-order chi connectivity index (χ0) is 16.7. The van der Waals surface area contributed by atoms with E-state index in [-0.39, 0.29) is 17.8 Å². The SMILES string of the molecule is CCN(CC)C(=O)NCC(c1ccc(F)cc1)c1ccccn1. The van der Waals surface area contributed by atoms with Crippen LogP contribution in [0, 0.1) is 5.82 Å². The van der Waals surface area contributed by atoms with Crippen LogP contribution in [0.4, 0.5) is 9.18 Å². The summed E-state index contributed by atoms with van der Waals surface area (Å²) in [6.07, 6.45) is 1.72. The minimum absolute atomic E-state index is 0.0990. The number of hydrogen-bond donors (Lipinski definition) is 1. The number of urea groups is 1. The normalized spacial score (nSPS) is 11.8. The molecule has 2 aromatic rings. The van der Waals surface area contributed by atoms with Crippen LogP contribution in [0.25, 0.3) is 0 Å². The van der Waals surface area contributed by atoms with Crippen molar-refractivity contribution in [2.75, 3.05) is 19.6 Å². The van der Waals surface area contributed by atoms with Gasteiger partial charge in [-0.1, -0.05) is 18.2 Å². The van der Waals surface area contributed by atoms with Crippen LogP contribution >= 0.6 is 0 Å². The molecular formula is C18H22FN3O. The highest BCUT2D eigenvalue weighted by molar-refractivity contribution is 5.74. The summed E-state index contributed by atoms with van der Waals surface area (Å²) < 4.78 is 13.2. The lowest BCUT2D eigenvalue weighted by Gasteiger charge is -2.22. The van der Waals surface area contributed by atoms with E-state index in [1.54, 1.807) is 23.2 Å². The van der Waals surface area contributed by atoms with Crippen molar-refractivity contribution >= 4 is 6.03 Å². The third-order valence-electron chi connectivity index (χ3n) is 3.83. The van der Waals surface area contributed by atoms with Crippen LogP contribution < -0.4 is 5.32 Å². The third-order valence-corrected chi connectivity index (χ3v) is 3.83. The van der Waals surface area contributed by atoms with Crippen LogP contribution in [-0.4, -0.2) is 35.5 Å². The Kier molecular flexibility index (Phi) is 6.09. The Morgan fingerprint density at radius 2 is 1.87 bits per heavy atom. The molecule has 1 N–H and O–H groups in total. The smallest absolute Gasteiger partial charge is 0.317 e. The van der Waals surface area contributed by atoms with Crippen LogP contribution in [0.5, 0.6) is 0 Å². The molecule has 0 aliphatic rings. The van der Waals surface area contributed by atoms with E-state index in [1.807, 2.05) is 32.0 Å². The van der Waals surface area contributed by atoms with Gasteiger partial charge >= 0.3 is 6.03 Å². The standard InChI is InChI=1S/C18H22FN3O/c1-3-22(4-2)18(23)21-13-16(17-7-5-6-12-20-17)14-8-10-15(19)11-9-14/h5-12,16H,3-4,13H2,1-2H3,(H,21,23). The molecule has 1 atom stereocenters. The third kappa shape index (κ3) is 4.52. The van der Waals surface area contributed by atoms with E-state index >= 15 is 0 Å². The summed E-state index contributed by atoms with van der Waals surface area (Å²) in [4.78, 5) is 18.3. The van der Waals surface area contributed by atoms with Crippen LogP contribution in [0.3, 0.4) is 0 Å². The number of nitrogens with one attached hydrogen (secondary N) is 1. The molecule has 1 aromatic heterocycles. The lowest BCUT2D eigenvalue weighted by Crippen LogP contribution is -2.41. The van der Waals surface area contributed by atoms with E-state index in [2.05, 4.69) is 10.3 Å². The number of amides is 2. The molecule has 1 aromatic carbocycles. The monoisotopic (exact) mass is 315 g/mol. The number of halogens is 1. The fraction of sp³-hybridized carbons (Fsp3) is 0.333. The maximum Gasteiger partial charge on any atom is 0.317 e. The molecule has 4 nitrogen and oxygen atoms in total. The van der Waals surface area contributed by atoms with Crippen LogP contribution in [0.1, 0.15) is 31.0 Å². The van der Waals surface area contributed by atoms with Crippen molar-refractivity contribution in [3.05, 3.63) is 65.7 Å². The van der Waals surface area contributed by atoms with E-state index in [0.717, 1.165) is 11.3 Å². The number of carbonyl (C=O) groups is 1. The average Bonchev–Trinajstić information content (AvgIpc) is 2.58. The molecule has 1 unspecified atom stereocenters. The first-order valence-corrected chi connectivity index (χ1v) is 7.84. The number of rotatable bonds is 6. The predicted molar refractivity (Wildman–Crippen MR) is 88.8 cm³/mol. The van der Waals surface area contributed by atoms with Gasteiger partial charge in [-0.25, -0.2) is 9.18 Å². The van der Waals surface area contributed by atoms with Gasteiger partial charge in [0.15, 0.2) is 0 Å². The van der Waals surface area contributed by atoms with Gasteiger partial charge in [-0.2, -0.15) is 0 Å². The van der Waals surface area contributed by atoms with E-state index in [4.69, 9.17) is 0 Å². The highest BCUT2D eigenvalue weighted by Gasteiger charge is 2.18. The molecule has 0 saturated heterocycles. The van der Waals surface area contributed by atoms with E-state index in [0.29, 0.717) is 19.6 Å². The van der Waals surface area contributed by atoms with E-state index in [1.165, 1.54) is 12.1 Å². The van der Waals surface area contributed by atoms with Crippen molar-refractivity contribution in [3.63, 3.8) is 0 Å². The first-order valence-electron chi connectivity index (χ1n) is 7.84. The molecule has 1 heterocycles. The van der Waals surface area contributed by atoms with Gasteiger partial charge in [0.2, 0.25) is 0 Å². The molecule has 0 aliphatic carbocycles. The minimum atomic E-state index is -0.277. The van der Waals surface area contributed by atoms with Crippen LogP contribution in [0.15, 0.2) is 48.7 Å². The summed E-state index contributed by atoms with van der Waals surface area (Å²) in [6, 6.07) is 11.9. The summed E-state index contributed by atoms with van der Waals surface area (Å²) in [5.41, 5.74) is 1.77. The number of benzene rings is 1. The van der Waals surface area contributed by atoms with Gasteiger partial charge in [0, 0.05) is 37.4 Å². The Hall–Kier alpha value is -2.43. The minimum Gasteiger partial charge on any atom is -0.337 e. The predicted octanol–water partition coefficient (Wildman–Crippen LogP) is 3.40. The summed E-state index contributed by atoms with van der Waals surface area (Å²) >= 11 is 0. The maximum absolute atomic E-state index is 13.2. The molecular weight excluding hydrogens is 293 g/mol. The molecule has 0 bridgehead atoms. The first-order chi connectivity index (χ1) is 11.2. The van der Waals surface area contributed by atoms with Gasteiger partial charge in [-0.3, -0.25) is 4.98 Å². The number of nitrogens with zero attached hydrogens (tertiary/aromatic N) is 2. The van der Waals surface area contributed by atoms with Crippen LogP contribution in [0.2, 0.25) is 0 Å². The van der Waals surface area contributed by atoms with Gasteiger partial charge in [-0.05, 0) is 43.7 Å². The second-order valence-corrected chi connectivity index (χ2v) is 5.22. The lowest BCUT2D eigenvalue weighted by molar-refractivity contribution is 0.203. The number of carbonyl (C=O) groups excluding carboxylic acids is 1. The van der Waals surface area contributed by atoms with Crippen molar-refractivity contribution in [2.24, 2.45) is 0 Å². The van der Waals surface area contributed by atoms with E-state index < -0.39 is 0 Å². The first kappa shape index (κ1) is 16.9. The van der Waals surface area contributed by atoms with Gasteiger partial charge in [-0.15, -0.1) is 0 Å². The second-order valence-electron chi connectivity index (χ2n) is 5.22. The van der Waals surface area contributed by atoms with Gasteiger partial charge < -0.3 is 10.2 Å². The Bertz CT molecular complexity index is 612. The van der Waals surface area contributed by atoms with Crippen molar-refractivity contribution in [1.29, 1.82) is 0 Å². The molecule has 0 aliphatic heterocycles. The second kappa shape index (κ2) is 8.27. The quantitative estimate of drug-likeness (QED) is 0.888. The molecule has 0 radical (unpaired) electrons. The highest BCUT2D eigenvalue weighted by Crippen LogP contribution is 2.22. The maximum atomic E-state index is 13.2. The number of hydrogen-bond acceptors (Lipinski definition) is 2. The molecule has 5 heteroatoms. The van der Waals surface area contributed by atoms with Crippen molar-refractivity contribution in [2.45, 2.75) is 19.8 Å². The molecule has 2 rings (SSSR count). The molecule has 122 valence electrons. The van der Waals surface area contributed by atoms with Gasteiger partial charge in [0.1, 0.15) is 5.82 Å². The van der Waals surface area contributed by atoms with Crippen LogP contribution in [-0.2, 0) is 0 Å². The topological polar surface area (TPSA) is 45.2 Å². The molecule has 0 fully saturated rings. The largest absolute Gasteiger partial charge is 0.337 e. The van der Waals surface area contributed by atoms with Gasteiger partial charge in [0.25, 0.3) is 0 Å². The van der Waals surface area contributed by atoms with Crippen molar-refractivity contribution < 1.29 is 9.18 Å². The molecule has 23 heavy (non-hydrogen) atoms. The summed E-state index contributed by atoms with van der Waals surface area (Å²) in [6.45, 7) is 5.62. The Balaban J connectivity index is 2.18. The summed E-state index contributed by atoms with van der Waals surface area (Å²) in [5.74, 6) is -0.392. The zero-order valence-corrected chi connectivity index (χ0v) is 13.5.